The number of carbonyl (C=O) groups excluding carboxylic acids is 1. The van der Waals surface area contributed by atoms with E-state index < -0.39 is 0 Å². The minimum atomic E-state index is -0.0696. The fourth-order valence-electron chi connectivity index (χ4n) is 3.48. The van der Waals surface area contributed by atoms with Crippen LogP contribution in [0.3, 0.4) is 0 Å². The summed E-state index contributed by atoms with van der Waals surface area (Å²) in [7, 11) is 1.98. The Bertz CT molecular complexity index is 971. The lowest BCUT2D eigenvalue weighted by Crippen LogP contribution is -2.30. The third kappa shape index (κ3) is 3.53. The molecule has 5 heteroatoms. The second kappa shape index (κ2) is 7.19. The van der Waals surface area contributed by atoms with Crippen molar-refractivity contribution < 1.29 is 4.79 Å². The lowest BCUT2D eigenvalue weighted by molar-refractivity contribution is 0.0984. The van der Waals surface area contributed by atoms with E-state index in [1.54, 1.807) is 6.07 Å². The molecule has 3 aromatic rings. The second-order valence-electron chi connectivity index (χ2n) is 6.84. The van der Waals surface area contributed by atoms with Gasteiger partial charge < -0.3 is 9.80 Å². The molecule has 5 nitrogen and oxygen atoms in total. The van der Waals surface area contributed by atoms with Crippen LogP contribution in [0.2, 0.25) is 0 Å². The van der Waals surface area contributed by atoms with E-state index in [1.807, 2.05) is 60.2 Å². The van der Waals surface area contributed by atoms with Crippen LogP contribution in [-0.2, 0) is 13.0 Å². The third-order valence-electron chi connectivity index (χ3n) is 4.83. The summed E-state index contributed by atoms with van der Waals surface area (Å²) in [6.07, 6.45) is 0.882. The Morgan fingerprint density at radius 1 is 1.07 bits per heavy atom. The number of carbonyl (C=O) groups is 1. The highest BCUT2D eigenvalue weighted by molar-refractivity contribution is 6.06. The summed E-state index contributed by atoms with van der Waals surface area (Å²) in [6.45, 7) is 3.24. The number of fused-ring (bicyclic) bond motifs is 1. The number of para-hydroxylation sites is 1. The van der Waals surface area contributed by atoms with Crippen molar-refractivity contribution >= 4 is 17.4 Å². The molecule has 0 fully saturated rings. The average Bonchev–Trinajstić information content (AvgIpc) is 3.12. The second-order valence-corrected chi connectivity index (χ2v) is 6.84. The molecule has 1 aliphatic heterocycles. The van der Waals surface area contributed by atoms with Crippen molar-refractivity contribution in [1.29, 1.82) is 0 Å². The third-order valence-corrected chi connectivity index (χ3v) is 4.83. The molecule has 0 unspecified atom stereocenters. The topological polar surface area (TPSA) is 49.3 Å². The summed E-state index contributed by atoms with van der Waals surface area (Å²) in [5.74, 6) is 1.28. The molecule has 2 heterocycles. The van der Waals surface area contributed by atoms with Crippen molar-refractivity contribution in [2.75, 3.05) is 23.4 Å². The van der Waals surface area contributed by atoms with Crippen LogP contribution in [-0.4, -0.2) is 29.5 Å². The molecule has 1 amide bonds. The number of hydrogen-bond donors (Lipinski definition) is 0. The number of aromatic nitrogens is 2. The van der Waals surface area contributed by atoms with Gasteiger partial charge in [-0.3, -0.25) is 4.79 Å². The molecule has 0 bridgehead atoms. The summed E-state index contributed by atoms with van der Waals surface area (Å²) < 4.78 is 0. The minimum absolute atomic E-state index is 0.0696. The maximum atomic E-state index is 13.1. The number of benzene rings is 2. The van der Waals surface area contributed by atoms with Gasteiger partial charge in [0, 0.05) is 31.9 Å². The average molecular weight is 358 g/mol. The fourth-order valence-corrected chi connectivity index (χ4v) is 3.48. The van der Waals surface area contributed by atoms with E-state index in [4.69, 9.17) is 0 Å². The maximum absolute atomic E-state index is 13.1. The first-order valence-electron chi connectivity index (χ1n) is 9.12. The molecule has 27 heavy (non-hydrogen) atoms. The number of nitrogens with zero attached hydrogens (tertiary/aromatic N) is 4. The fraction of sp³-hybridized carbons (Fsp3) is 0.227. The molecule has 4 rings (SSSR count). The normalized spacial score (nSPS) is 12.7. The minimum Gasteiger partial charge on any atom is -0.355 e. The zero-order valence-electron chi connectivity index (χ0n) is 15.6. The lowest BCUT2D eigenvalue weighted by Gasteiger charge is -2.21. The predicted octanol–water partition coefficient (Wildman–Crippen LogP) is 3.62. The van der Waals surface area contributed by atoms with E-state index in [9.17, 15) is 4.79 Å². The summed E-state index contributed by atoms with van der Waals surface area (Å²) in [6, 6.07) is 20.1. The summed E-state index contributed by atoms with van der Waals surface area (Å²) in [5.41, 5.74) is 3.82. The maximum Gasteiger partial charge on any atom is 0.277 e. The van der Waals surface area contributed by atoms with Crippen LogP contribution in [0.1, 0.15) is 27.4 Å². The van der Waals surface area contributed by atoms with Crippen LogP contribution in [0.5, 0.6) is 0 Å². The molecule has 2 aromatic carbocycles. The van der Waals surface area contributed by atoms with Crippen molar-refractivity contribution in [2.24, 2.45) is 0 Å². The number of rotatable bonds is 4. The van der Waals surface area contributed by atoms with Crippen molar-refractivity contribution in [3.63, 3.8) is 0 Å². The predicted molar refractivity (Wildman–Crippen MR) is 107 cm³/mol. The number of aryl methyl sites for hydroxylation is 1. The van der Waals surface area contributed by atoms with E-state index >= 15 is 0 Å². The molecule has 0 saturated heterocycles. The zero-order chi connectivity index (χ0) is 18.8. The first kappa shape index (κ1) is 17.2. The van der Waals surface area contributed by atoms with Crippen LogP contribution in [0.15, 0.2) is 60.7 Å². The molecule has 0 spiro atoms. The zero-order valence-corrected chi connectivity index (χ0v) is 15.6. The Morgan fingerprint density at radius 2 is 1.81 bits per heavy atom. The number of hydrogen-bond acceptors (Lipinski definition) is 4. The number of amides is 1. The Labute approximate surface area is 159 Å². The quantitative estimate of drug-likeness (QED) is 0.715. The van der Waals surface area contributed by atoms with Gasteiger partial charge >= 0.3 is 0 Å². The Morgan fingerprint density at radius 3 is 2.63 bits per heavy atom. The molecule has 1 aromatic heterocycles. The molecule has 0 atom stereocenters. The lowest BCUT2D eigenvalue weighted by atomic mass is 10.2. The van der Waals surface area contributed by atoms with E-state index in [1.165, 1.54) is 11.1 Å². The van der Waals surface area contributed by atoms with Crippen LogP contribution < -0.4 is 9.80 Å². The van der Waals surface area contributed by atoms with Gasteiger partial charge in [-0.15, -0.1) is 0 Å². The van der Waals surface area contributed by atoms with Crippen molar-refractivity contribution in [3.05, 3.63) is 83.3 Å². The van der Waals surface area contributed by atoms with Crippen LogP contribution in [0, 0.1) is 6.92 Å². The van der Waals surface area contributed by atoms with E-state index in [0.29, 0.717) is 18.1 Å². The first-order chi connectivity index (χ1) is 13.1. The van der Waals surface area contributed by atoms with Crippen LogP contribution >= 0.6 is 0 Å². The largest absolute Gasteiger partial charge is 0.355 e. The standard InChI is InChI=1S/C22H22N4O/c1-16-23-19(22(27)26-13-12-18-10-6-7-11-20(18)26)14-21(24-16)25(2)15-17-8-4-3-5-9-17/h3-11,14H,12-13,15H2,1-2H3. The van der Waals surface area contributed by atoms with Crippen LogP contribution in [0.25, 0.3) is 0 Å². The molecule has 136 valence electrons. The monoisotopic (exact) mass is 358 g/mol. The van der Waals surface area contributed by atoms with Gasteiger partial charge in [0.15, 0.2) is 0 Å². The first-order valence-corrected chi connectivity index (χ1v) is 9.12. The molecule has 0 radical (unpaired) electrons. The summed E-state index contributed by atoms with van der Waals surface area (Å²) in [5, 5.41) is 0. The summed E-state index contributed by atoms with van der Waals surface area (Å²) >= 11 is 0. The highest BCUT2D eigenvalue weighted by Gasteiger charge is 2.26. The molecular weight excluding hydrogens is 336 g/mol. The number of anilines is 2. The Kier molecular flexibility index (Phi) is 4.59. The highest BCUT2D eigenvalue weighted by Crippen LogP contribution is 2.29. The van der Waals surface area contributed by atoms with E-state index in [0.717, 1.165) is 24.5 Å². The SMILES string of the molecule is Cc1nc(C(=O)N2CCc3ccccc32)cc(N(C)Cc2ccccc2)n1. The summed E-state index contributed by atoms with van der Waals surface area (Å²) in [4.78, 5) is 25.9. The van der Waals surface area contributed by atoms with Gasteiger partial charge in [-0.25, -0.2) is 9.97 Å². The van der Waals surface area contributed by atoms with Gasteiger partial charge in [0.1, 0.15) is 17.3 Å². The molecule has 0 saturated carbocycles. The van der Waals surface area contributed by atoms with Gasteiger partial charge in [-0.2, -0.15) is 0 Å². The van der Waals surface area contributed by atoms with Crippen molar-refractivity contribution in [1.82, 2.24) is 9.97 Å². The Hall–Kier alpha value is -3.21. The van der Waals surface area contributed by atoms with Crippen molar-refractivity contribution in [3.8, 4) is 0 Å². The van der Waals surface area contributed by atoms with Crippen molar-refractivity contribution in [2.45, 2.75) is 19.9 Å². The van der Waals surface area contributed by atoms with Crippen LogP contribution in [0.4, 0.5) is 11.5 Å². The molecule has 1 aliphatic rings. The molecule has 0 aliphatic carbocycles. The van der Waals surface area contributed by atoms with Gasteiger partial charge in [0.05, 0.1) is 0 Å². The Balaban J connectivity index is 1.60. The van der Waals surface area contributed by atoms with Gasteiger partial charge in [-0.05, 0) is 30.5 Å². The van der Waals surface area contributed by atoms with Gasteiger partial charge in [0.2, 0.25) is 0 Å². The highest BCUT2D eigenvalue weighted by atomic mass is 16.2. The van der Waals surface area contributed by atoms with E-state index in [2.05, 4.69) is 28.2 Å². The van der Waals surface area contributed by atoms with Gasteiger partial charge in [0.25, 0.3) is 5.91 Å². The van der Waals surface area contributed by atoms with Gasteiger partial charge in [-0.1, -0.05) is 48.5 Å². The van der Waals surface area contributed by atoms with E-state index in [-0.39, 0.29) is 5.91 Å². The smallest absolute Gasteiger partial charge is 0.277 e. The molecule has 0 N–H and O–H groups in total. The molecular formula is C22H22N4O.